The lowest BCUT2D eigenvalue weighted by molar-refractivity contribution is -0.135. The summed E-state index contributed by atoms with van der Waals surface area (Å²) in [5, 5.41) is 9.11. The highest BCUT2D eigenvalue weighted by Crippen LogP contribution is 2.32. The number of hydrogen-bond acceptors (Lipinski definition) is 4. The highest BCUT2D eigenvalue weighted by atomic mass is 32.2. The van der Waals surface area contributed by atoms with Crippen LogP contribution in [0.3, 0.4) is 0 Å². The molecular weight excluding hydrogens is 278 g/mol. The van der Waals surface area contributed by atoms with Gasteiger partial charge in [-0.15, -0.1) is 0 Å². The third-order valence-corrected chi connectivity index (χ3v) is 4.79. The summed E-state index contributed by atoms with van der Waals surface area (Å²) in [5.74, 6) is -0.944. The molecule has 0 amide bonds. The molecule has 1 N–H and O–H groups in total. The van der Waals surface area contributed by atoms with Gasteiger partial charge < -0.3 is 10.0 Å². The van der Waals surface area contributed by atoms with Gasteiger partial charge in [0.05, 0.1) is 10.6 Å². The molecule has 0 saturated heterocycles. The minimum Gasteiger partial charge on any atom is -0.480 e. The average Bonchev–Trinajstić information content (AvgIpc) is 2.88. The molecule has 2 rings (SSSR count). The number of para-hydroxylation sites is 1. The van der Waals surface area contributed by atoms with Gasteiger partial charge in [0.1, 0.15) is 6.54 Å². The van der Waals surface area contributed by atoms with Crippen LogP contribution >= 0.6 is 0 Å². The lowest BCUT2D eigenvalue weighted by Gasteiger charge is -2.30. The van der Waals surface area contributed by atoms with Crippen LogP contribution in [0.15, 0.2) is 29.2 Å². The van der Waals surface area contributed by atoms with E-state index in [1.54, 1.807) is 23.1 Å². The second-order valence-corrected chi connectivity index (χ2v) is 7.18. The van der Waals surface area contributed by atoms with Crippen molar-refractivity contribution in [1.29, 1.82) is 0 Å². The summed E-state index contributed by atoms with van der Waals surface area (Å²) in [6.45, 7) is -0.169. The van der Waals surface area contributed by atoms with Crippen molar-refractivity contribution < 1.29 is 18.3 Å². The Kier molecular flexibility index (Phi) is 4.32. The number of hydrogen-bond donors (Lipinski definition) is 1. The van der Waals surface area contributed by atoms with Gasteiger partial charge in [-0.3, -0.25) is 4.79 Å². The summed E-state index contributed by atoms with van der Waals surface area (Å²) >= 11 is 0. The van der Waals surface area contributed by atoms with E-state index < -0.39 is 15.8 Å². The van der Waals surface area contributed by atoms with Crippen molar-refractivity contribution in [3.63, 3.8) is 0 Å². The molecule has 0 aliphatic heterocycles. The van der Waals surface area contributed by atoms with Crippen LogP contribution in [0.1, 0.15) is 25.7 Å². The van der Waals surface area contributed by atoms with Crippen molar-refractivity contribution in [3.8, 4) is 0 Å². The van der Waals surface area contributed by atoms with Gasteiger partial charge >= 0.3 is 5.97 Å². The van der Waals surface area contributed by atoms with Crippen LogP contribution in [0, 0.1) is 0 Å². The predicted octanol–water partition coefficient (Wildman–Crippen LogP) is 1.92. The van der Waals surface area contributed by atoms with Crippen molar-refractivity contribution in [2.24, 2.45) is 0 Å². The van der Waals surface area contributed by atoms with Crippen LogP contribution in [0.5, 0.6) is 0 Å². The smallest absolute Gasteiger partial charge is 0.323 e. The Hall–Kier alpha value is -1.56. The highest BCUT2D eigenvalue weighted by Gasteiger charge is 2.28. The lowest BCUT2D eigenvalue weighted by atomic mass is 10.1. The fourth-order valence-corrected chi connectivity index (χ4v) is 3.67. The number of anilines is 1. The van der Waals surface area contributed by atoms with E-state index in [0.29, 0.717) is 5.69 Å². The number of carbonyl (C=O) groups is 1. The highest BCUT2D eigenvalue weighted by molar-refractivity contribution is 7.90. The van der Waals surface area contributed by atoms with Crippen molar-refractivity contribution in [2.45, 2.75) is 36.6 Å². The maximum Gasteiger partial charge on any atom is 0.323 e. The quantitative estimate of drug-likeness (QED) is 0.898. The molecule has 110 valence electrons. The van der Waals surface area contributed by atoms with Gasteiger partial charge in [-0.05, 0) is 25.0 Å². The van der Waals surface area contributed by atoms with E-state index in [1.807, 2.05) is 0 Å². The predicted molar refractivity (Wildman–Crippen MR) is 76.8 cm³/mol. The Morgan fingerprint density at radius 3 is 2.45 bits per heavy atom. The zero-order valence-corrected chi connectivity index (χ0v) is 12.3. The Balaban J connectivity index is 2.45. The first-order valence-corrected chi connectivity index (χ1v) is 8.56. The molecule has 1 fully saturated rings. The molecule has 5 nitrogen and oxygen atoms in total. The minimum atomic E-state index is -3.38. The number of nitrogens with zero attached hydrogens (tertiary/aromatic N) is 1. The molecule has 1 aliphatic carbocycles. The lowest BCUT2D eigenvalue weighted by Crippen LogP contribution is -2.38. The largest absolute Gasteiger partial charge is 0.480 e. The molecule has 0 atom stereocenters. The Morgan fingerprint density at radius 1 is 1.30 bits per heavy atom. The van der Waals surface area contributed by atoms with Crippen LogP contribution in [0.4, 0.5) is 5.69 Å². The number of carboxylic acids is 1. The third kappa shape index (κ3) is 3.30. The summed E-state index contributed by atoms with van der Waals surface area (Å²) in [6.07, 6.45) is 5.08. The van der Waals surface area contributed by atoms with Gasteiger partial charge in [0.15, 0.2) is 9.84 Å². The van der Waals surface area contributed by atoms with Gasteiger partial charge in [-0.1, -0.05) is 25.0 Å². The first kappa shape index (κ1) is 14.8. The SMILES string of the molecule is CS(=O)(=O)c1ccccc1N(CC(=O)O)C1CCCC1. The van der Waals surface area contributed by atoms with E-state index in [1.165, 1.54) is 6.07 Å². The maximum atomic E-state index is 11.9. The molecule has 0 aromatic heterocycles. The van der Waals surface area contributed by atoms with Gasteiger partial charge in [-0.25, -0.2) is 8.42 Å². The minimum absolute atomic E-state index is 0.106. The molecule has 1 aliphatic rings. The fourth-order valence-electron chi connectivity index (χ4n) is 2.78. The molecule has 1 saturated carbocycles. The molecule has 0 radical (unpaired) electrons. The average molecular weight is 297 g/mol. The monoisotopic (exact) mass is 297 g/mol. The first-order valence-electron chi connectivity index (χ1n) is 6.67. The third-order valence-electron chi connectivity index (χ3n) is 3.65. The molecule has 0 heterocycles. The summed E-state index contributed by atoms with van der Waals surface area (Å²) in [4.78, 5) is 13.0. The summed E-state index contributed by atoms with van der Waals surface area (Å²) in [7, 11) is -3.38. The van der Waals surface area contributed by atoms with Gasteiger partial charge in [-0.2, -0.15) is 0 Å². The van der Waals surface area contributed by atoms with Crippen LogP contribution in [-0.4, -0.2) is 38.3 Å². The second-order valence-electron chi connectivity index (χ2n) is 5.20. The van der Waals surface area contributed by atoms with Crippen molar-refractivity contribution in [2.75, 3.05) is 17.7 Å². The first-order chi connectivity index (χ1) is 9.39. The number of benzene rings is 1. The Morgan fingerprint density at radius 2 is 1.90 bits per heavy atom. The van der Waals surface area contributed by atoms with Crippen LogP contribution in [0.2, 0.25) is 0 Å². The van der Waals surface area contributed by atoms with Crippen LogP contribution in [0.25, 0.3) is 0 Å². The van der Waals surface area contributed by atoms with E-state index in [-0.39, 0.29) is 17.5 Å². The fraction of sp³-hybridized carbons (Fsp3) is 0.500. The zero-order chi connectivity index (χ0) is 14.8. The van der Waals surface area contributed by atoms with E-state index in [9.17, 15) is 13.2 Å². The molecule has 0 spiro atoms. The number of rotatable bonds is 5. The Bertz CT molecular complexity index is 591. The van der Waals surface area contributed by atoms with E-state index in [2.05, 4.69) is 0 Å². The Labute approximate surface area is 119 Å². The number of sulfone groups is 1. The molecule has 6 heteroatoms. The molecular formula is C14H19NO4S. The molecule has 1 aromatic rings. The summed E-state index contributed by atoms with van der Waals surface area (Å²) in [6, 6.07) is 6.74. The molecule has 0 bridgehead atoms. The second kappa shape index (κ2) is 5.83. The molecule has 20 heavy (non-hydrogen) atoms. The van der Waals surface area contributed by atoms with E-state index >= 15 is 0 Å². The molecule has 0 unspecified atom stereocenters. The zero-order valence-electron chi connectivity index (χ0n) is 11.4. The summed E-state index contributed by atoms with van der Waals surface area (Å²) in [5.41, 5.74) is 0.504. The summed E-state index contributed by atoms with van der Waals surface area (Å²) < 4.78 is 23.8. The van der Waals surface area contributed by atoms with Gasteiger partial charge in [0, 0.05) is 12.3 Å². The van der Waals surface area contributed by atoms with E-state index in [0.717, 1.165) is 31.9 Å². The van der Waals surface area contributed by atoms with Crippen molar-refractivity contribution in [1.82, 2.24) is 0 Å². The van der Waals surface area contributed by atoms with Gasteiger partial charge in [0.25, 0.3) is 0 Å². The van der Waals surface area contributed by atoms with Crippen molar-refractivity contribution >= 4 is 21.5 Å². The van der Waals surface area contributed by atoms with E-state index in [4.69, 9.17) is 5.11 Å². The standard InChI is InChI=1S/C14H19NO4S/c1-20(18,19)13-9-5-4-8-12(13)15(10-14(16)17)11-6-2-3-7-11/h4-5,8-9,11H,2-3,6-7,10H2,1H3,(H,16,17). The van der Waals surface area contributed by atoms with Crippen molar-refractivity contribution in [3.05, 3.63) is 24.3 Å². The number of carboxylic acid groups (broad SMARTS) is 1. The molecule has 1 aromatic carbocycles. The number of aliphatic carboxylic acids is 1. The van der Waals surface area contributed by atoms with Crippen LogP contribution in [-0.2, 0) is 14.6 Å². The van der Waals surface area contributed by atoms with Gasteiger partial charge in [0.2, 0.25) is 0 Å². The maximum absolute atomic E-state index is 11.9. The normalized spacial score (nSPS) is 16.2. The van der Waals surface area contributed by atoms with Crippen LogP contribution < -0.4 is 4.90 Å². The topological polar surface area (TPSA) is 74.7 Å².